The molecule has 0 fully saturated rings. The van der Waals surface area contributed by atoms with Crippen molar-refractivity contribution in [3.8, 4) is 0 Å². The monoisotopic (exact) mass is 318 g/mol. The number of hydrogen-bond donors (Lipinski definition) is 2. The van der Waals surface area contributed by atoms with Gasteiger partial charge in [-0.15, -0.1) is 11.8 Å². The van der Waals surface area contributed by atoms with E-state index in [4.69, 9.17) is 9.84 Å². The number of rotatable bonds is 7. The highest BCUT2D eigenvalue weighted by Gasteiger charge is 2.08. The predicted molar refractivity (Wildman–Crippen MR) is 86.9 cm³/mol. The Bertz CT molecular complexity index is 593. The first-order chi connectivity index (χ1) is 10.8. The van der Waals surface area contributed by atoms with Gasteiger partial charge in [-0.1, -0.05) is 30.3 Å². The summed E-state index contributed by atoms with van der Waals surface area (Å²) in [6.07, 6.45) is 3.44. The first-order valence-corrected chi connectivity index (χ1v) is 7.93. The van der Waals surface area contributed by atoms with E-state index < -0.39 is 6.09 Å². The number of nitrogens with one attached hydrogen (secondary N) is 1. The third-order valence-corrected chi connectivity index (χ3v) is 3.95. The van der Waals surface area contributed by atoms with Crippen LogP contribution in [-0.4, -0.2) is 28.5 Å². The number of anilines is 1. The van der Waals surface area contributed by atoms with Crippen molar-refractivity contribution in [3.05, 3.63) is 54.4 Å². The number of aliphatic hydroxyl groups is 1. The van der Waals surface area contributed by atoms with E-state index in [1.165, 1.54) is 0 Å². The summed E-state index contributed by atoms with van der Waals surface area (Å²) < 4.78 is 5.19. The van der Waals surface area contributed by atoms with Gasteiger partial charge in [-0.2, -0.15) is 0 Å². The van der Waals surface area contributed by atoms with E-state index in [1.807, 2.05) is 36.4 Å². The van der Waals surface area contributed by atoms with Crippen LogP contribution in [0.15, 0.2) is 53.7 Å². The van der Waals surface area contributed by atoms with Gasteiger partial charge in [0, 0.05) is 23.5 Å². The van der Waals surface area contributed by atoms with E-state index in [-0.39, 0.29) is 13.2 Å². The van der Waals surface area contributed by atoms with Crippen LogP contribution in [0.25, 0.3) is 0 Å². The minimum absolute atomic E-state index is 0.153. The Kier molecular flexibility index (Phi) is 6.73. The van der Waals surface area contributed by atoms with Gasteiger partial charge in [0.15, 0.2) is 0 Å². The zero-order chi connectivity index (χ0) is 15.6. The number of pyridine rings is 1. The topological polar surface area (TPSA) is 71.5 Å². The number of amides is 1. The lowest BCUT2D eigenvalue weighted by Gasteiger charge is -2.10. The van der Waals surface area contributed by atoms with Crippen molar-refractivity contribution in [2.45, 2.75) is 17.9 Å². The van der Waals surface area contributed by atoms with Crippen molar-refractivity contribution in [2.75, 3.05) is 17.7 Å². The van der Waals surface area contributed by atoms with E-state index in [0.29, 0.717) is 12.1 Å². The summed E-state index contributed by atoms with van der Waals surface area (Å²) in [5, 5.41) is 11.5. The van der Waals surface area contributed by atoms with Gasteiger partial charge in [-0.3, -0.25) is 10.3 Å². The molecule has 0 aliphatic heterocycles. The largest absolute Gasteiger partial charge is 0.444 e. The molecule has 116 valence electrons. The summed E-state index contributed by atoms with van der Waals surface area (Å²) in [5.41, 5.74) is 1.55. The highest BCUT2D eigenvalue weighted by Crippen LogP contribution is 2.26. The van der Waals surface area contributed by atoms with E-state index in [2.05, 4.69) is 10.3 Å². The molecule has 1 heterocycles. The second kappa shape index (κ2) is 9.07. The summed E-state index contributed by atoms with van der Waals surface area (Å²) in [6.45, 7) is 0.375. The Morgan fingerprint density at radius 3 is 2.86 bits per heavy atom. The van der Waals surface area contributed by atoms with Crippen LogP contribution >= 0.6 is 11.8 Å². The van der Waals surface area contributed by atoms with Crippen LogP contribution in [0.4, 0.5) is 10.5 Å². The van der Waals surface area contributed by atoms with Crippen LogP contribution in [0.2, 0.25) is 0 Å². The molecular formula is C16H18N2O3S. The van der Waals surface area contributed by atoms with E-state index in [9.17, 15) is 4.79 Å². The maximum atomic E-state index is 11.9. The van der Waals surface area contributed by atoms with Crippen molar-refractivity contribution in [1.82, 2.24) is 4.98 Å². The second-order valence-corrected chi connectivity index (χ2v) is 5.62. The molecule has 2 N–H and O–H groups in total. The molecule has 0 aliphatic rings. The third kappa shape index (κ3) is 5.38. The molecule has 0 atom stereocenters. The fourth-order valence-corrected chi connectivity index (χ4v) is 2.63. The number of hydrogen-bond acceptors (Lipinski definition) is 5. The zero-order valence-electron chi connectivity index (χ0n) is 12.1. The average Bonchev–Trinajstić information content (AvgIpc) is 2.56. The van der Waals surface area contributed by atoms with Crippen LogP contribution < -0.4 is 5.32 Å². The minimum atomic E-state index is -0.513. The number of benzene rings is 1. The normalized spacial score (nSPS) is 10.2. The number of ether oxygens (including phenoxy) is 1. The zero-order valence-corrected chi connectivity index (χ0v) is 12.9. The smallest absolute Gasteiger partial charge is 0.412 e. The molecule has 0 unspecified atom stereocenters. The van der Waals surface area contributed by atoms with E-state index >= 15 is 0 Å². The fraction of sp³-hybridized carbons (Fsp3) is 0.250. The molecule has 0 saturated carbocycles. The number of carbonyl (C=O) groups is 1. The summed E-state index contributed by atoms with van der Waals surface area (Å²) in [6, 6.07) is 11.3. The van der Waals surface area contributed by atoms with Crippen LogP contribution in [-0.2, 0) is 11.3 Å². The van der Waals surface area contributed by atoms with Crippen molar-refractivity contribution >= 4 is 23.5 Å². The first-order valence-electron chi connectivity index (χ1n) is 6.95. The van der Waals surface area contributed by atoms with Crippen molar-refractivity contribution in [3.63, 3.8) is 0 Å². The fourth-order valence-electron chi connectivity index (χ4n) is 1.72. The Morgan fingerprint density at radius 1 is 1.27 bits per heavy atom. The molecular weight excluding hydrogens is 300 g/mol. The summed E-state index contributed by atoms with van der Waals surface area (Å²) in [7, 11) is 0. The van der Waals surface area contributed by atoms with Gasteiger partial charge >= 0.3 is 6.09 Å². The van der Waals surface area contributed by atoms with Crippen molar-refractivity contribution in [2.24, 2.45) is 0 Å². The maximum absolute atomic E-state index is 11.9. The highest BCUT2D eigenvalue weighted by molar-refractivity contribution is 7.99. The van der Waals surface area contributed by atoms with Gasteiger partial charge in [-0.25, -0.2) is 4.79 Å². The Morgan fingerprint density at radius 2 is 2.09 bits per heavy atom. The van der Waals surface area contributed by atoms with Crippen LogP contribution in [0.1, 0.15) is 12.0 Å². The van der Waals surface area contributed by atoms with Gasteiger partial charge in [-0.05, 0) is 18.1 Å². The second-order valence-electron chi connectivity index (χ2n) is 4.48. The summed E-state index contributed by atoms with van der Waals surface area (Å²) >= 11 is 1.56. The SMILES string of the molecule is O=C(Nc1cnccc1SCCCO)OCc1ccccc1. The van der Waals surface area contributed by atoms with Crippen molar-refractivity contribution < 1.29 is 14.6 Å². The van der Waals surface area contributed by atoms with Gasteiger partial charge in [0.25, 0.3) is 0 Å². The number of nitrogens with zero attached hydrogens (tertiary/aromatic N) is 1. The van der Waals surface area contributed by atoms with Gasteiger partial charge in [0.05, 0.1) is 11.9 Å². The van der Waals surface area contributed by atoms with Gasteiger partial charge in [0.2, 0.25) is 0 Å². The number of aliphatic hydroxyl groups excluding tert-OH is 1. The van der Waals surface area contributed by atoms with Gasteiger partial charge in [0.1, 0.15) is 6.61 Å². The molecule has 0 radical (unpaired) electrons. The van der Waals surface area contributed by atoms with E-state index in [0.717, 1.165) is 16.2 Å². The summed E-state index contributed by atoms with van der Waals surface area (Å²) in [4.78, 5) is 16.8. The quantitative estimate of drug-likeness (QED) is 0.605. The Labute approximate surface area is 133 Å². The lowest BCUT2D eigenvalue weighted by atomic mass is 10.2. The molecule has 6 heteroatoms. The highest BCUT2D eigenvalue weighted by atomic mass is 32.2. The minimum Gasteiger partial charge on any atom is -0.444 e. The molecule has 0 saturated heterocycles. The number of aromatic nitrogens is 1. The molecule has 2 rings (SSSR count). The molecule has 1 aromatic heterocycles. The average molecular weight is 318 g/mol. The molecule has 5 nitrogen and oxygen atoms in total. The Balaban J connectivity index is 1.88. The molecule has 22 heavy (non-hydrogen) atoms. The molecule has 0 aliphatic carbocycles. The summed E-state index contributed by atoms with van der Waals surface area (Å²) in [5.74, 6) is 0.772. The van der Waals surface area contributed by atoms with Crippen molar-refractivity contribution in [1.29, 1.82) is 0 Å². The van der Waals surface area contributed by atoms with Crippen LogP contribution in [0.3, 0.4) is 0 Å². The first kappa shape index (κ1) is 16.3. The number of thioether (sulfide) groups is 1. The standard InChI is InChI=1S/C16H18N2O3S/c19-9-4-10-22-15-7-8-17-11-14(15)18-16(20)21-12-13-5-2-1-3-6-13/h1-3,5-8,11,19H,4,9-10,12H2,(H,18,20). The number of carbonyl (C=O) groups excluding carboxylic acids is 1. The lowest BCUT2D eigenvalue weighted by Crippen LogP contribution is -2.14. The van der Waals surface area contributed by atoms with Crippen LogP contribution in [0.5, 0.6) is 0 Å². The molecule has 1 aromatic carbocycles. The lowest BCUT2D eigenvalue weighted by molar-refractivity contribution is 0.155. The van der Waals surface area contributed by atoms with Gasteiger partial charge < -0.3 is 9.84 Å². The molecule has 0 bridgehead atoms. The third-order valence-electron chi connectivity index (χ3n) is 2.79. The Hall–Kier alpha value is -2.05. The molecule has 0 spiro atoms. The maximum Gasteiger partial charge on any atom is 0.412 e. The van der Waals surface area contributed by atoms with Crippen LogP contribution in [0, 0.1) is 0 Å². The predicted octanol–water partition coefficient (Wildman–Crippen LogP) is 3.30. The molecule has 2 aromatic rings. The molecule has 1 amide bonds. The van der Waals surface area contributed by atoms with E-state index in [1.54, 1.807) is 24.2 Å².